The van der Waals surface area contributed by atoms with E-state index in [-0.39, 0.29) is 5.91 Å². The molecule has 1 amide bonds. The summed E-state index contributed by atoms with van der Waals surface area (Å²) in [5.74, 6) is 1.97. The average molecular weight is 521 g/mol. The molecule has 172 valence electrons. The number of carbonyl (C=O) groups excluding carboxylic acids is 1. The number of nitrogens with zero attached hydrogens (tertiary/aromatic N) is 2. The average Bonchev–Trinajstić information content (AvgIpc) is 3.41. The second-order valence-corrected chi connectivity index (χ2v) is 12.7. The Labute approximate surface area is 212 Å². The summed E-state index contributed by atoms with van der Waals surface area (Å²) in [6, 6.07) is 7.29. The lowest BCUT2D eigenvalue weighted by molar-refractivity contribution is -0.103. The smallest absolute Gasteiger partial charge is 0.272 e. The number of hydrogen-bond acceptors (Lipinski definition) is 3. The van der Waals surface area contributed by atoms with E-state index in [2.05, 4.69) is 19.2 Å². The molecule has 3 atom stereocenters. The molecular weight excluding hydrogens is 497 g/mol. The van der Waals surface area contributed by atoms with Gasteiger partial charge in [0.25, 0.3) is 5.91 Å². The number of rotatable bonds is 4. The van der Waals surface area contributed by atoms with Gasteiger partial charge in [0.05, 0.1) is 25.6 Å². The van der Waals surface area contributed by atoms with Gasteiger partial charge in [-0.2, -0.15) is 5.10 Å². The third-order valence-corrected chi connectivity index (χ3v) is 10.1. The Kier molecular flexibility index (Phi) is 5.15. The standard InChI is InChI=1S/C25H24Cl3N3OS/c1-25(2)14-4-3-12(17(25)9-14)11-29-24(32)21-16-7-13-8-20(28)33-23(13)22(16)31(30-21)19-6-5-15(26)10-18(19)27/h5-6,8,10,12,14,17H,3-4,7,9,11H2,1-2H3,(H,29,32). The van der Waals surface area contributed by atoms with Crippen molar-refractivity contribution >= 4 is 52.0 Å². The molecule has 4 nitrogen and oxygen atoms in total. The number of fused-ring (bicyclic) bond motifs is 5. The first-order valence-corrected chi connectivity index (χ1v) is 13.3. The van der Waals surface area contributed by atoms with Crippen molar-refractivity contribution in [1.29, 1.82) is 0 Å². The molecule has 0 saturated heterocycles. The molecule has 8 heteroatoms. The minimum atomic E-state index is -0.115. The number of halogens is 3. The highest BCUT2D eigenvalue weighted by atomic mass is 35.5. The fraction of sp³-hybridized carbons (Fsp3) is 0.440. The van der Waals surface area contributed by atoms with E-state index in [1.165, 1.54) is 30.6 Å². The Balaban J connectivity index is 1.33. The summed E-state index contributed by atoms with van der Waals surface area (Å²) in [7, 11) is 0. The topological polar surface area (TPSA) is 46.9 Å². The minimum Gasteiger partial charge on any atom is -0.350 e. The van der Waals surface area contributed by atoms with Gasteiger partial charge in [-0.05, 0) is 72.3 Å². The summed E-state index contributed by atoms with van der Waals surface area (Å²) in [6.45, 7) is 5.47. The van der Waals surface area contributed by atoms with Crippen LogP contribution in [0.5, 0.6) is 0 Å². The predicted octanol–water partition coefficient (Wildman–Crippen LogP) is 7.27. The molecule has 1 aromatic carbocycles. The van der Waals surface area contributed by atoms with Crippen LogP contribution in [0.15, 0.2) is 24.3 Å². The van der Waals surface area contributed by atoms with Crippen LogP contribution in [0.3, 0.4) is 0 Å². The number of amides is 1. The quantitative estimate of drug-likeness (QED) is 0.308. The first kappa shape index (κ1) is 22.0. The molecule has 0 aliphatic heterocycles. The Bertz CT molecular complexity index is 1290. The number of carbonyl (C=O) groups is 1. The van der Waals surface area contributed by atoms with Crippen molar-refractivity contribution in [2.24, 2.45) is 23.2 Å². The Hall–Kier alpha value is -1.53. The summed E-state index contributed by atoms with van der Waals surface area (Å²) in [6.07, 6.45) is 4.40. The zero-order valence-corrected chi connectivity index (χ0v) is 21.5. The van der Waals surface area contributed by atoms with E-state index in [1.807, 2.05) is 12.1 Å². The summed E-state index contributed by atoms with van der Waals surface area (Å²) in [5, 5.41) is 9.02. The van der Waals surface area contributed by atoms with E-state index >= 15 is 0 Å². The fourth-order valence-electron chi connectivity index (χ4n) is 6.29. The van der Waals surface area contributed by atoms with Crippen LogP contribution in [0.4, 0.5) is 0 Å². The molecule has 2 bridgehead atoms. The zero-order chi connectivity index (χ0) is 23.1. The molecule has 33 heavy (non-hydrogen) atoms. The maximum Gasteiger partial charge on any atom is 0.272 e. The molecule has 2 heterocycles. The molecule has 3 fully saturated rings. The highest BCUT2D eigenvalue weighted by Crippen LogP contribution is 2.61. The normalized spacial score (nSPS) is 24.2. The van der Waals surface area contributed by atoms with Gasteiger partial charge in [-0.25, -0.2) is 4.68 Å². The summed E-state index contributed by atoms with van der Waals surface area (Å²) in [5.41, 5.74) is 4.52. The van der Waals surface area contributed by atoms with Gasteiger partial charge in [0.1, 0.15) is 0 Å². The first-order valence-electron chi connectivity index (χ1n) is 11.4. The maximum atomic E-state index is 13.4. The van der Waals surface area contributed by atoms with Crippen LogP contribution in [-0.4, -0.2) is 22.2 Å². The van der Waals surface area contributed by atoms with Crippen molar-refractivity contribution in [3.63, 3.8) is 0 Å². The number of thiophene rings is 1. The van der Waals surface area contributed by atoms with Crippen molar-refractivity contribution < 1.29 is 4.79 Å². The van der Waals surface area contributed by atoms with E-state index in [0.717, 1.165) is 32.0 Å². The lowest BCUT2D eigenvalue weighted by atomic mass is 9.45. The van der Waals surface area contributed by atoms with Crippen molar-refractivity contribution in [3.8, 4) is 16.3 Å². The van der Waals surface area contributed by atoms with Gasteiger partial charge in [0.2, 0.25) is 0 Å². The van der Waals surface area contributed by atoms with Crippen LogP contribution in [-0.2, 0) is 6.42 Å². The second-order valence-electron chi connectivity index (χ2n) is 10.2. The van der Waals surface area contributed by atoms with Crippen molar-refractivity contribution in [1.82, 2.24) is 15.1 Å². The molecule has 4 aliphatic carbocycles. The zero-order valence-electron chi connectivity index (χ0n) is 18.4. The molecular formula is C25H24Cl3N3OS. The van der Waals surface area contributed by atoms with Crippen LogP contribution >= 0.6 is 46.1 Å². The lowest BCUT2D eigenvalue weighted by Gasteiger charge is -2.60. The van der Waals surface area contributed by atoms with E-state index in [0.29, 0.717) is 51.6 Å². The highest BCUT2D eigenvalue weighted by Gasteiger charge is 2.54. The summed E-state index contributed by atoms with van der Waals surface area (Å²) < 4.78 is 2.51. The van der Waals surface area contributed by atoms with Gasteiger partial charge in [-0.1, -0.05) is 48.7 Å². The largest absolute Gasteiger partial charge is 0.350 e. The number of nitrogens with one attached hydrogen (secondary N) is 1. The molecule has 3 saturated carbocycles. The van der Waals surface area contributed by atoms with Crippen LogP contribution < -0.4 is 5.32 Å². The molecule has 1 N–H and O–H groups in total. The molecule has 0 radical (unpaired) electrons. The third kappa shape index (κ3) is 3.38. The third-order valence-electron chi connectivity index (χ3n) is 8.22. The van der Waals surface area contributed by atoms with E-state index in [4.69, 9.17) is 39.9 Å². The number of aromatic nitrogens is 2. The van der Waals surface area contributed by atoms with Crippen LogP contribution in [0, 0.1) is 23.2 Å². The summed E-state index contributed by atoms with van der Waals surface area (Å²) in [4.78, 5) is 14.4. The van der Waals surface area contributed by atoms with Gasteiger partial charge >= 0.3 is 0 Å². The Morgan fingerprint density at radius 3 is 2.79 bits per heavy atom. The molecule has 3 aromatic rings. The van der Waals surface area contributed by atoms with Gasteiger partial charge in [0.15, 0.2) is 5.69 Å². The lowest BCUT2D eigenvalue weighted by Crippen LogP contribution is -2.54. The van der Waals surface area contributed by atoms with Crippen LogP contribution in [0.1, 0.15) is 54.7 Å². The number of benzene rings is 1. The highest BCUT2D eigenvalue weighted by molar-refractivity contribution is 7.19. The van der Waals surface area contributed by atoms with E-state index < -0.39 is 0 Å². The Morgan fingerprint density at radius 2 is 2.06 bits per heavy atom. The SMILES string of the molecule is CC1(C)C2CCC(CNC(=O)c3nn(-c4ccc(Cl)cc4Cl)c4c3Cc3cc(Cl)sc3-4)C1C2. The minimum absolute atomic E-state index is 0.115. The molecule has 2 aromatic heterocycles. The molecule has 0 spiro atoms. The maximum absolute atomic E-state index is 13.4. The first-order chi connectivity index (χ1) is 15.7. The predicted molar refractivity (Wildman–Crippen MR) is 135 cm³/mol. The second kappa shape index (κ2) is 7.74. The fourth-order valence-corrected chi connectivity index (χ4v) is 8.11. The monoisotopic (exact) mass is 519 g/mol. The van der Waals surface area contributed by atoms with Crippen LogP contribution in [0.2, 0.25) is 14.4 Å². The van der Waals surface area contributed by atoms with E-state index in [1.54, 1.807) is 16.8 Å². The van der Waals surface area contributed by atoms with Crippen molar-refractivity contribution in [3.05, 3.63) is 55.5 Å². The van der Waals surface area contributed by atoms with Crippen molar-refractivity contribution in [2.45, 2.75) is 39.5 Å². The molecule has 7 rings (SSSR count). The molecule has 3 unspecified atom stereocenters. The van der Waals surface area contributed by atoms with Gasteiger partial charge < -0.3 is 5.32 Å². The molecule has 4 aliphatic rings. The number of hydrogen-bond donors (Lipinski definition) is 1. The van der Waals surface area contributed by atoms with E-state index in [9.17, 15) is 4.79 Å². The van der Waals surface area contributed by atoms with Gasteiger partial charge in [0, 0.05) is 23.6 Å². The Morgan fingerprint density at radius 1 is 1.24 bits per heavy atom. The van der Waals surface area contributed by atoms with Crippen molar-refractivity contribution in [2.75, 3.05) is 6.54 Å². The summed E-state index contributed by atoms with van der Waals surface area (Å²) >= 11 is 20.5. The van der Waals surface area contributed by atoms with Gasteiger partial charge in [-0.15, -0.1) is 11.3 Å². The van der Waals surface area contributed by atoms with Crippen LogP contribution in [0.25, 0.3) is 16.3 Å². The van der Waals surface area contributed by atoms with Gasteiger partial charge in [-0.3, -0.25) is 4.79 Å².